The number of carbonyl (C=O) groups is 4. The van der Waals surface area contributed by atoms with E-state index in [1.165, 1.54) is 4.90 Å². The molecular weight excluding hydrogens is 444 g/mol. The van der Waals surface area contributed by atoms with Crippen molar-refractivity contribution in [2.24, 2.45) is 0 Å². The highest BCUT2D eigenvalue weighted by atomic mass is 35.5. The van der Waals surface area contributed by atoms with Crippen molar-refractivity contribution in [2.75, 3.05) is 19.6 Å². The molecule has 1 atom stereocenters. The number of benzene rings is 2. The van der Waals surface area contributed by atoms with E-state index in [9.17, 15) is 19.2 Å². The molecule has 5 amide bonds. The summed E-state index contributed by atoms with van der Waals surface area (Å²) in [6, 6.07) is 15.4. The Kier molecular flexibility index (Phi) is 7.71. The maximum absolute atomic E-state index is 13.2. The lowest BCUT2D eigenvalue weighted by Crippen LogP contribution is -2.47. The average Bonchev–Trinajstić information content (AvgIpc) is 3.07. The number of urea groups is 1. The Hall–Kier alpha value is -3.39. The minimum atomic E-state index is -1.20. The van der Waals surface area contributed by atoms with Crippen LogP contribution in [0, 0.1) is 0 Å². The highest BCUT2D eigenvalue weighted by Gasteiger charge is 2.51. The molecule has 1 aliphatic rings. The summed E-state index contributed by atoms with van der Waals surface area (Å²) in [4.78, 5) is 53.3. The number of amides is 5. The van der Waals surface area contributed by atoms with Gasteiger partial charge in [0.15, 0.2) is 0 Å². The van der Waals surface area contributed by atoms with Crippen LogP contribution in [0.5, 0.6) is 0 Å². The molecule has 0 aliphatic carbocycles. The van der Waals surface area contributed by atoms with Crippen LogP contribution in [0.4, 0.5) is 4.79 Å². The molecule has 1 saturated heterocycles. The number of nitrogens with one attached hydrogen (secondary N) is 2. The highest BCUT2D eigenvalue weighted by Crippen LogP contribution is 2.32. The molecule has 33 heavy (non-hydrogen) atoms. The van der Waals surface area contributed by atoms with Crippen molar-refractivity contribution in [3.8, 4) is 0 Å². The van der Waals surface area contributed by atoms with Gasteiger partial charge in [0, 0.05) is 18.1 Å². The summed E-state index contributed by atoms with van der Waals surface area (Å²) in [5.41, 5.74) is 0.332. The van der Waals surface area contributed by atoms with Crippen LogP contribution in [0.2, 0.25) is 5.02 Å². The Labute approximate surface area is 197 Å². The van der Waals surface area contributed by atoms with Gasteiger partial charge in [-0.25, -0.2) is 4.79 Å². The quantitative estimate of drug-likeness (QED) is 0.550. The smallest absolute Gasteiger partial charge is 0.325 e. The Morgan fingerprint density at radius 2 is 1.73 bits per heavy atom. The van der Waals surface area contributed by atoms with Gasteiger partial charge in [-0.3, -0.25) is 19.3 Å². The molecule has 0 saturated carbocycles. The minimum absolute atomic E-state index is 0.176. The zero-order chi connectivity index (χ0) is 24.0. The van der Waals surface area contributed by atoms with Crippen LogP contribution in [-0.2, 0) is 26.5 Å². The third-order valence-corrected chi connectivity index (χ3v) is 5.99. The average molecular weight is 471 g/mol. The first-order valence-electron chi connectivity index (χ1n) is 10.8. The van der Waals surface area contributed by atoms with Crippen LogP contribution in [0.25, 0.3) is 0 Å². The van der Waals surface area contributed by atoms with E-state index < -0.39 is 29.9 Å². The number of nitrogens with zero attached hydrogens (tertiary/aromatic N) is 2. The van der Waals surface area contributed by atoms with Crippen LogP contribution >= 0.6 is 11.6 Å². The fraction of sp³-hybridized carbons (Fsp3) is 0.333. The van der Waals surface area contributed by atoms with Gasteiger partial charge in [0.1, 0.15) is 12.1 Å². The molecule has 8 nitrogen and oxygen atoms in total. The molecule has 3 rings (SSSR count). The molecule has 1 heterocycles. The molecule has 0 unspecified atom stereocenters. The SMILES string of the molecule is CCN(CC(=O)NCc1ccc(Cl)cc1)C(=O)CN1C(=O)N[C@](CC)(c2ccccc2)C1=O. The summed E-state index contributed by atoms with van der Waals surface area (Å²) in [7, 11) is 0. The number of halogens is 1. The van der Waals surface area contributed by atoms with Gasteiger partial charge in [-0.1, -0.05) is 61.0 Å². The topological polar surface area (TPSA) is 98.8 Å². The molecule has 2 aromatic carbocycles. The van der Waals surface area contributed by atoms with Gasteiger partial charge in [-0.05, 0) is 36.6 Å². The second kappa shape index (κ2) is 10.5. The van der Waals surface area contributed by atoms with E-state index in [0.29, 0.717) is 23.6 Å². The van der Waals surface area contributed by atoms with E-state index >= 15 is 0 Å². The second-order valence-electron chi connectivity index (χ2n) is 7.76. The number of hydrogen-bond acceptors (Lipinski definition) is 4. The van der Waals surface area contributed by atoms with Crippen molar-refractivity contribution in [3.63, 3.8) is 0 Å². The summed E-state index contributed by atoms with van der Waals surface area (Å²) < 4.78 is 0. The van der Waals surface area contributed by atoms with Gasteiger partial charge in [-0.2, -0.15) is 0 Å². The van der Waals surface area contributed by atoms with Crippen molar-refractivity contribution in [1.82, 2.24) is 20.4 Å². The number of carbonyl (C=O) groups excluding carboxylic acids is 4. The molecule has 174 valence electrons. The first-order chi connectivity index (χ1) is 15.8. The minimum Gasteiger partial charge on any atom is -0.350 e. The number of likely N-dealkylation sites (N-methyl/N-ethyl adjacent to an activating group) is 1. The molecular formula is C24H27ClN4O4. The molecule has 0 bridgehead atoms. The zero-order valence-electron chi connectivity index (χ0n) is 18.6. The summed E-state index contributed by atoms with van der Waals surface area (Å²) in [5.74, 6) is -1.30. The van der Waals surface area contributed by atoms with Crippen LogP contribution in [0.3, 0.4) is 0 Å². The summed E-state index contributed by atoms with van der Waals surface area (Å²) in [6.45, 7) is 3.48. The van der Waals surface area contributed by atoms with E-state index in [4.69, 9.17) is 11.6 Å². The lowest BCUT2D eigenvalue weighted by atomic mass is 9.87. The maximum Gasteiger partial charge on any atom is 0.325 e. The molecule has 0 aromatic heterocycles. The van der Waals surface area contributed by atoms with Crippen molar-refractivity contribution in [1.29, 1.82) is 0 Å². The third-order valence-electron chi connectivity index (χ3n) is 5.74. The molecule has 2 aromatic rings. The Bertz CT molecular complexity index is 1030. The molecule has 0 radical (unpaired) electrons. The molecule has 1 fully saturated rings. The van der Waals surface area contributed by atoms with E-state index in [0.717, 1.165) is 10.5 Å². The van der Waals surface area contributed by atoms with E-state index in [-0.39, 0.29) is 19.0 Å². The number of hydrogen-bond donors (Lipinski definition) is 2. The summed E-state index contributed by atoms with van der Waals surface area (Å²) in [5, 5.41) is 6.12. The van der Waals surface area contributed by atoms with Crippen LogP contribution in [0.15, 0.2) is 54.6 Å². The van der Waals surface area contributed by atoms with Gasteiger partial charge in [0.2, 0.25) is 11.8 Å². The van der Waals surface area contributed by atoms with Crippen molar-refractivity contribution in [2.45, 2.75) is 32.4 Å². The third kappa shape index (κ3) is 5.34. The molecule has 1 aliphatic heterocycles. The van der Waals surface area contributed by atoms with Crippen LogP contribution in [0.1, 0.15) is 31.4 Å². The van der Waals surface area contributed by atoms with Gasteiger partial charge in [0.05, 0.1) is 6.54 Å². The van der Waals surface area contributed by atoms with Crippen LogP contribution in [-0.4, -0.2) is 53.2 Å². The Morgan fingerprint density at radius 3 is 2.33 bits per heavy atom. The fourth-order valence-corrected chi connectivity index (χ4v) is 3.90. The first kappa shape index (κ1) is 24.3. The van der Waals surface area contributed by atoms with E-state index in [1.807, 2.05) is 6.07 Å². The van der Waals surface area contributed by atoms with Gasteiger partial charge >= 0.3 is 6.03 Å². The number of rotatable bonds is 9. The van der Waals surface area contributed by atoms with E-state index in [2.05, 4.69) is 10.6 Å². The number of imide groups is 1. The monoisotopic (exact) mass is 470 g/mol. The predicted octanol–water partition coefficient (Wildman–Crippen LogP) is 2.66. The lowest BCUT2D eigenvalue weighted by molar-refractivity contribution is -0.140. The molecule has 9 heteroatoms. The normalized spacial score (nSPS) is 17.6. The lowest BCUT2D eigenvalue weighted by Gasteiger charge is -2.26. The predicted molar refractivity (Wildman–Crippen MR) is 124 cm³/mol. The van der Waals surface area contributed by atoms with Crippen LogP contribution < -0.4 is 10.6 Å². The van der Waals surface area contributed by atoms with Crippen molar-refractivity contribution in [3.05, 3.63) is 70.7 Å². The largest absolute Gasteiger partial charge is 0.350 e. The standard InChI is InChI=1S/C24H27ClN4O4/c1-3-24(18-8-6-5-7-9-18)22(32)29(23(33)27-24)16-21(31)28(4-2)15-20(30)26-14-17-10-12-19(25)13-11-17/h5-13H,3-4,14-16H2,1-2H3,(H,26,30)(H,27,33)/t24-/m1/s1. The summed E-state index contributed by atoms with van der Waals surface area (Å²) >= 11 is 5.86. The van der Waals surface area contributed by atoms with E-state index in [1.54, 1.807) is 62.4 Å². The molecule has 0 spiro atoms. The first-order valence-corrected chi connectivity index (χ1v) is 11.2. The maximum atomic E-state index is 13.2. The van der Waals surface area contributed by atoms with Gasteiger partial charge in [0.25, 0.3) is 5.91 Å². The molecule has 2 N–H and O–H groups in total. The highest BCUT2D eigenvalue weighted by molar-refractivity contribution is 6.30. The zero-order valence-corrected chi connectivity index (χ0v) is 19.4. The Balaban J connectivity index is 1.62. The van der Waals surface area contributed by atoms with Gasteiger partial charge in [-0.15, -0.1) is 0 Å². The van der Waals surface area contributed by atoms with Crippen molar-refractivity contribution >= 4 is 35.4 Å². The fourth-order valence-electron chi connectivity index (χ4n) is 3.78. The second-order valence-corrected chi connectivity index (χ2v) is 8.19. The summed E-state index contributed by atoms with van der Waals surface area (Å²) in [6.07, 6.45) is 0.344. The van der Waals surface area contributed by atoms with Gasteiger partial charge < -0.3 is 15.5 Å². The van der Waals surface area contributed by atoms with Crippen molar-refractivity contribution < 1.29 is 19.2 Å². The Morgan fingerprint density at radius 1 is 1.06 bits per heavy atom.